The maximum atomic E-state index is 12.4. The molecule has 0 spiro atoms. The Bertz CT molecular complexity index is 553. The molecule has 108 valence electrons. The monoisotopic (exact) mass is 278 g/mol. The summed E-state index contributed by atoms with van der Waals surface area (Å²) in [5.41, 5.74) is 7.09. The van der Waals surface area contributed by atoms with Crippen LogP contribution < -0.4 is 15.8 Å². The highest BCUT2D eigenvalue weighted by molar-refractivity contribution is 5.97. The summed E-state index contributed by atoms with van der Waals surface area (Å²) in [7, 11) is 0. The fraction of sp³-hybridized carbons (Fsp3) is 0.400. The molecule has 20 heavy (non-hydrogen) atoms. The van der Waals surface area contributed by atoms with Gasteiger partial charge in [-0.15, -0.1) is 0 Å². The molecule has 0 aromatic heterocycles. The van der Waals surface area contributed by atoms with Crippen molar-refractivity contribution in [2.45, 2.75) is 25.8 Å². The van der Waals surface area contributed by atoms with Crippen LogP contribution in [0, 0.1) is 0 Å². The van der Waals surface area contributed by atoms with Gasteiger partial charge in [0.1, 0.15) is 12.4 Å². The molecule has 5 heteroatoms. The van der Waals surface area contributed by atoms with E-state index in [9.17, 15) is 9.18 Å². The van der Waals surface area contributed by atoms with Crippen molar-refractivity contribution in [1.82, 2.24) is 5.32 Å². The van der Waals surface area contributed by atoms with Gasteiger partial charge in [-0.05, 0) is 44.0 Å². The molecular formula is C15H19FN2O2. The molecule has 0 saturated carbocycles. The van der Waals surface area contributed by atoms with Crippen molar-refractivity contribution < 1.29 is 13.9 Å². The summed E-state index contributed by atoms with van der Waals surface area (Å²) >= 11 is 0. The van der Waals surface area contributed by atoms with Crippen LogP contribution in [0.4, 0.5) is 4.39 Å². The van der Waals surface area contributed by atoms with Crippen molar-refractivity contribution in [2.75, 3.05) is 13.2 Å². The van der Waals surface area contributed by atoms with Crippen LogP contribution in [0.15, 0.2) is 30.1 Å². The summed E-state index contributed by atoms with van der Waals surface area (Å²) in [6.45, 7) is 4.18. The SMILES string of the molecule is CC1(C)Cc2cc(OC/C(=C/F)CN)ccc2C(=O)N1. The molecule has 1 aromatic rings. The number of amides is 1. The third-order valence-electron chi connectivity index (χ3n) is 3.25. The summed E-state index contributed by atoms with van der Waals surface area (Å²) in [6, 6.07) is 5.28. The lowest BCUT2D eigenvalue weighted by Crippen LogP contribution is -2.49. The second kappa shape index (κ2) is 5.63. The van der Waals surface area contributed by atoms with E-state index < -0.39 is 0 Å². The average molecular weight is 278 g/mol. The zero-order valence-corrected chi connectivity index (χ0v) is 11.7. The predicted octanol–water partition coefficient (Wildman–Crippen LogP) is 1.94. The Morgan fingerprint density at radius 1 is 1.55 bits per heavy atom. The highest BCUT2D eigenvalue weighted by Crippen LogP contribution is 2.26. The van der Waals surface area contributed by atoms with Crippen LogP contribution in [0.3, 0.4) is 0 Å². The van der Waals surface area contributed by atoms with Crippen molar-refractivity contribution in [3.63, 3.8) is 0 Å². The molecule has 2 rings (SSSR count). The van der Waals surface area contributed by atoms with Crippen LogP contribution in [0.2, 0.25) is 0 Å². The number of nitrogens with one attached hydrogen (secondary N) is 1. The van der Waals surface area contributed by atoms with E-state index >= 15 is 0 Å². The molecule has 0 saturated heterocycles. The Hall–Kier alpha value is -1.88. The maximum absolute atomic E-state index is 12.4. The van der Waals surface area contributed by atoms with Crippen molar-refractivity contribution in [3.8, 4) is 5.75 Å². The van der Waals surface area contributed by atoms with Crippen LogP contribution in [0.1, 0.15) is 29.8 Å². The molecule has 0 bridgehead atoms. The van der Waals surface area contributed by atoms with Gasteiger partial charge in [-0.1, -0.05) is 0 Å². The van der Waals surface area contributed by atoms with Crippen molar-refractivity contribution in [1.29, 1.82) is 0 Å². The molecule has 4 nitrogen and oxygen atoms in total. The van der Waals surface area contributed by atoms with Crippen molar-refractivity contribution in [2.24, 2.45) is 5.73 Å². The summed E-state index contributed by atoms with van der Waals surface area (Å²) in [5, 5.41) is 2.94. The molecule has 1 heterocycles. The van der Waals surface area contributed by atoms with Gasteiger partial charge in [0.15, 0.2) is 0 Å². The first-order valence-corrected chi connectivity index (χ1v) is 6.51. The average Bonchev–Trinajstić information content (AvgIpc) is 2.38. The van der Waals surface area contributed by atoms with Gasteiger partial charge in [-0.25, -0.2) is 4.39 Å². The predicted molar refractivity (Wildman–Crippen MR) is 75.4 cm³/mol. The van der Waals surface area contributed by atoms with E-state index in [4.69, 9.17) is 10.5 Å². The van der Waals surface area contributed by atoms with Crippen LogP contribution in [0.5, 0.6) is 5.75 Å². The number of carbonyl (C=O) groups excluding carboxylic acids is 1. The van der Waals surface area contributed by atoms with Gasteiger partial charge in [0.05, 0.1) is 6.33 Å². The molecule has 1 aliphatic rings. The Balaban J connectivity index is 2.17. The van der Waals surface area contributed by atoms with E-state index in [-0.39, 0.29) is 24.6 Å². The number of nitrogens with two attached hydrogens (primary N) is 1. The van der Waals surface area contributed by atoms with Gasteiger partial charge in [-0.3, -0.25) is 4.79 Å². The van der Waals surface area contributed by atoms with Crippen molar-refractivity contribution in [3.05, 3.63) is 41.2 Å². The number of hydrogen-bond acceptors (Lipinski definition) is 3. The standard InChI is InChI=1S/C15H19FN2O2/c1-15(2)6-11-5-12(20-9-10(7-16)8-17)3-4-13(11)14(19)18-15/h3-5,7H,6,8-9,17H2,1-2H3,(H,18,19)/b10-7+. The quantitative estimate of drug-likeness (QED) is 0.884. The summed E-state index contributed by atoms with van der Waals surface area (Å²) in [5.74, 6) is 0.538. The van der Waals surface area contributed by atoms with Crippen LogP contribution in [-0.4, -0.2) is 24.6 Å². The fourth-order valence-electron chi connectivity index (χ4n) is 2.23. The highest BCUT2D eigenvalue weighted by Gasteiger charge is 2.29. The number of benzene rings is 1. The van der Waals surface area contributed by atoms with E-state index in [0.29, 0.717) is 23.2 Å². The minimum atomic E-state index is -0.274. The molecule has 1 aromatic carbocycles. The number of hydrogen-bond donors (Lipinski definition) is 2. The number of fused-ring (bicyclic) bond motifs is 1. The first kappa shape index (κ1) is 14.5. The molecule has 0 fully saturated rings. The number of halogens is 1. The van der Waals surface area contributed by atoms with Crippen molar-refractivity contribution >= 4 is 5.91 Å². The molecule has 1 amide bonds. The van der Waals surface area contributed by atoms with Crippen LogP contribution >= 0.6 is 0 Å². The molecule has 3 N–H and O–H groups in total. The Morgan fingerprint density at radius 2 is 2.30 bits per heavy atom. The lowest BCUT2D eigenvalue weighted by Gasteiger charge is -2.32. The first-order valence-electron chi connectivity index (χ1n) is 6.51. The number of carbonyl (C=O) groups is 1. The van der Waals surface area contributed by atoms with Gasteiger partial charge in [0, 0.05) is 23.2 Å². The zero-order valence-electron chi connectivity index (χ0n) is 11.7. The summed E-state index contributed by atoms with van der Waals surface area (Å²) in [4.78, 5) is 11.9. The second-order valence-corrected chi connectivity index (χ2v) is 5.59. The maximum Gasteiger partial charge on any atom is 0.251 e. The molecule has 0 radical (unpaired) electrons. The Kier molecular flexibility index (Phi) is 4.09. The van der Waals surface area contributed by atoms with Gasteiger partial charge in [-0.2, -0.15) is 0 Å². The largest absolute Gasteiger partial charge is 0.489 e. The number of ether oxygens (including phenoxy) is 1. The van der Waals surface area contributed by atoms with E-state index in [1.807, 2.05) is 19.9 Å². The summed E-state index contributed by atoms with van der Waals surface area (Å²) in [6.07, 6.45) is 1.20. The zero-order chi connectivity index (χ0) is 14.8. The fourth-order valence-corrected chi connectivity index (χ4v) is 2.23. The molecule has 0 atom stereocenters. The van der Waals surface area contributed by atoms with Crippen LogP contribution in [-0.2, 0) is 6.42 Å². The summed E-state index contributed by atoms with van der Waals surface area (Å²) < 4.78 is 17.9. The Labute approximate surface area is 117 Å². The second-order valence-electron chi connectivity index (χ2n) is 5.59. The third-order valence-corrected chi connectivity index (χ3v) is 3.25. The molecule has 0 aliphatic carbocycles. The molecule has 0 unspecified atom stereocenters. The van der Waals surface area contributed by atoms with Gasteiger partial charge in [0.25, 0.3) is 5.91 Å². The van der Waals surface area contributed by atoms with Gasteiger partial charge >= 0.3 is 0 Å². The number of rotatable bonds is 4. The third kappa shape index (κ3) is 3.17. The van der Waals surface area contributed by atoms with Gasteiger partial charge in [0.2, 0.25) is 0 Å². The first-order chi connectivity index (χ1) is 9.45. The lowest BCUT2D eigenvalue weighted by atomic mass is 9.87. The highest BCUT2D eigenvalue weighted by atomic mass is 19.1. The van der Waals surface area contributed by atoms with E-state index in [1.165, 1.54) is 0 Å². The van der Waals surface area contributed by atoms with E-state index in [0.717, 1.165) is 12.0 Å². The molecular weight excluding hydrogens is 259 g/mol. The molecule has 1 aliphatic heterocycles. The van der Waals surface area contributed by atoms with Crippen LogP contribution in [0.25, 0.3) is 0 Å². The minimum absolute atomic E-state index is 0.0749. The van der Waals surface area contributed by atoms with E-state index in [2.05, 4.69) is 5.32 Å². The van der Waals surface area contributed by atoms with Gasteiger partial charge < -0.3 is 15.8 Å². The smallest absolute Gasteiger partial charge is 0.251 e. The normalized spacial score (nSPS) is 17.4. The minimum Gasteiger partial charge on any atom is -0.489 e. The van der Waals surface area contributed by atoms with E-state index in [1.54, 1.807) is 12.1 Å². The topological polar surface area (TPSA) is 64.3 Å². The lowest BCUT2D eigenvalue weighted by molar-refractivity contribution is 0.0897. The Morgan fingerprint density at radius 3 is 2.95 bits per heavy atom.